The molecule has 3 rings (SSSR count). The van der Waals surface area contributed by atoms with Crippen LogP contribution in [0.2, 0.25) is 0 Å². The number of benzene rings is 1. The van der Waals surface area contributed by atoms with Crippen molar-refractivity contribution >= 4 is 11.0 Å². The van der Waals surface area contributed by atoms with Crippen LogP contribution in [0.25, 0.3) is 11.0 Å². The monoisotopic (exact) mass is 257 g/mol. The fourth-order valence-corrected chi connectivity index (χ4v) is 3.45. The molecule has 1 heterocycles. The second-order valence-corrected chi connectivity index (χ2v) is 6.15. The number of aromatic nitrogens is 2. The first kappa shape index (κ1) is 12.7. The van der Waals surface area contributed by atoms with E-state index in [4.69, 9.17) is 10.7 Å². The van der Waals surface area contributed by atoms with Crippen LogP contribution in [0.15, 0.2) is 24.3 Å². The van der Waals surface area contributed by atoms with Gasteiger partial charge in [0.2, 0.25) is 0 Å². The first-order valence-electron chi connectivity index (χ1n) is 7.28. The van der Waals surface area contributed by atoms with Crippen LogP contribution in [0.3, 0.4) is 0 Å². The van der Waals surface area contributed by atoms with Crippen molar-refractivity contribution in [3.63, 3.8) is 0 Å². The smallest absolute Gasteiger partial charge is 0.117 e. The molecule has 2 N–H and O–H groups in total. The Hall–Kier alpha value is -1.35. The molecule has 1 aliphatic carbocycles. The van der Waals surface area contributed by atoms with E-state index in [9.17, 15) is 0 Å². The number of hydrogen-bond donors (Lipinski definition) is 1. The molecule has 0 bridgehead atoms. The molecule has 0 spiro atoms. The predicted molar refractivity (Wildman–Crippen MR) is 79.1 cm³/mol. The Labute approximate surface area is 114 Å². The average Bonchev–Trinajstić information content (AvgIpc) is 2.79. The summed E-state index contributed by atoms with van der Waals surface area (Å²) in [4.78, 5) is 4.89. The lowest BCUT2D eigenvalue weighted by molar-refractivity contribution is 0.233. The van der Waals surface area contributed by atoms with E-state index < -0.39 is 0 Å². The van der Waals surface area contributed by atoms with Crippen LogP contribution in [0.5, 0.6) is 0 Å². The number of nitrogens with zero attached hydrogens (tertiary/aromatic N) is 2. The second kappa shape index (κ2) is 4.64. The molecule has 0 aliphatic heterocycles. The van der Waals surface area contributed by atoms with Gasteiger partial charge >= 0.3 is 0 Å². The number of aryl methyl sites for hydroxylation is 1. The van der Waals surface area contributed by atoms with E-state index in [-0.39, 0.29) is 5.41 Å². The summed E-state index contributed by atoms with van der Waals surface area (Å²) in [6, 6.07) is 8.36. The third kappa shape index (κ3) is 1.96. The van der Waals surface area contributed by atoms with E-state index in [1.165, 1.54) is 37.0 Å². The van der Waals surface area contributed by atoms with Gasteiger partial charge in [-0.15, -0.1) is 0 Å². The van der Waals surface area contributed by atoms with Crippen molar-refractivity contribution in [1.82, 2.24) is 9.55 Å². The summed E-state index contributed by atoms with van der Waals surface area (Å²) in [5, 5.41) is 0. The van der Waals surface area contributed by atoms with Crippen molar-refractivity contribution in [2.45, 2.75) is 38.0 Å². The lowest BCUT2D eigenvalue weighted by atomic mass is 9.70. The summed E-state index contributed by atoms with van der Waals surface area (Å²) in [7, 11) is 2.13. The lowest BCUT2D eigenvalue weighted by Crippen LogP contribution is -2.40. The Kier molecular flexibility index (Phi) is 3.09. The Morgan fingerprint density at radius 2 is 2.00 bits per heavy atom. The molecule has 0 saturated heterocycles. The zero-order valence-electron chi connectivity index (χ0n) is 11.9. The summed E-state index contributed by atoms with van der Waals surface area (Å²) in [6.07, 6.45) is 4.87. The van der Waals surface area contributed by atoms with E-state index >= 15 is 0 Å². The number of hydrogen-bond acceptors (Lipinski definition) is 2. The van der Waals surface area contributed by atoms with E-state index in [1.807, 2.05) is 0 Å². The fourth-order valence-electron chi connectivity index (χ4n) is 3.45. The Balaban J connectivity index is 2.09. The molecule has 19 heavy (non-hydrogen) atoms. The number of nitrogens with two attached hydrogens (primary N) is 1. The summed E-state index contributed by atoms with van der Waals surface area (Å²) in [6.45, 7) is 3.05. The van der Waals surface area contributed by atoms with Crippen molar-refractivity contribution < 1.29 is 0 Å². The minimum Gasteiger partial charge on any atom is -0.331 e. The van der Waals surface area contributed by atoms with Crippen LogP contribution in [0.4, 0.5) is 0 Å². The van der Waals surface area contributed by atoms with Gasteiger partial charge < -0.3 is 10.3 Å². The molecule has 1 aliphatic rings. The molecule has 0 radical (unpaired) electrons. The van der Waals surface area contributed by atoms with Gasteiger partial charge in [-0.3, -0.25) is 0 Å². The number of para-hydroxylation sites is 2. The standard InChI is InChI=1S/C16H23N3/c1-12-7-9-16(11-17,10-8-12)15-18-13-5-3-4-6-14(13)19(15)2/h3-6,12H,7-11,17H2,1-2H3. The molecule has 102 valence electrons. The van der Waals surface area contributed by atoms with Crippen molar-refractivity contribution in [2.75, 3.05) is 6.54 Å². The van der Waals surface area contributed by atoms with Crippen LogP contribution in [0, 0.1) is 5.92 Å². The van der Waals surface area contributed by atoms with Gasteiger partial charge in [-0.05, 0) is 43.7 Å². The highest BCUT2D eigenvalue weighted by molar-refractivity contribution is 5.76. The highest BCUT2D eigenvalue weighted by Gasteiger charge is 2.38. The highest BCUT2D eigenvalue weighted by Crippen LogP contribution is 2.40. The molecule has 0 unspecified atom stereocenters. The maximum absolute atomic E-state index is 6.15. The van der Waals surface area contributed by atoms with Crippen LogP contribution < -0.4 is 5.73 Å². The quantitative estimate of drug-likeness (QED) is 0.899. The highest BCUT2D eigenvalue weighted by atomic mass is 15.1. The van der Waals surface area contributed by atoms with Crippen LogP contribution in [-0.4, -0.2) is 16.1 Å². The summed E-state index contributed by atoms with van der Waals surface area (Å²) in [5.74, 6) is 2.01. The van der Waals surface area contributed by atoms with Crippen LogP contribution in [-0.2, 0) is 12.5 Å². The van der Waals surface area contributed by atoms with Crippen LogP contribution in [0.1, 0.15) is 38.4 Å². The normalized spacial score (nSPS) is 27.8. The molecule has 3 nitrogen and oxygen atoms in total. The van der Waals surface area contributed by atoms with Gasteiger partial charge in [-0.2, -0.15) is 0 Å². The van der Waals surface area contributed by atoms with Crippen LogP contribution >= 0.6 is 0 Å². The Morgan fingerprint density at radius 1 is 1.32 bits per heavy atom. The van der Waals surface area contributed by atoms with Gasteiger partial charge in [0, 0.05) is 19.0 Å². The minimum atomic E-state index is 0.0836. The number of rotatable bonds is 2. The van der Waals surface area contributed by atoms with Gasteiger partial charge in [-0.1, -0.05) is 19.1 Å². The maximum atomic E-state index is 6.15. The molecular formula is C16H23N3. The van der Waals surface area contributed by atoms with Gasteiger partial charge in [0.05, 0.1) is 11.0 Å². The maximum Gasteiger partial charge on any atom is 0.117 e. The van der Waals surface area contributed by atoms with E-state index in [1.54, 1.807) is 0 Å². The summed E-state index contributed by atoms with van der Waals surface area (Å²) in [5.41, 5.74) is 8.54. The number of imidazole rings is 1. The molecule has 1 aromatic heterocycles. The zero-order chi connectivity index (χ0) is 13.5. The molecule has 1 saturated carbocycles. The molecule has 0 amide bonds. The summed E-state index contributed by atoms with van der Waals surface area (Å²) < 4.78 is 2.25. The SMILES string of the molecule is CC1CCC(CN)(c2nc3ccccc3n2C)CC1. The van der Waals surface area contributed by atoms with Gasteiger partial charge in [0.15, 0.2) is 0 Å². The topological polar surface area (TPSA) is 43.8 Å². The predicted octanol–water partition coefficient (Wildman–Crippen LogP) is 2.98. The minimum absolute atomic E-state index is 0.0836. The third-order valence-electron chi connectivity index (χ3n) is 4.88. The largest absolute Gasteiger partial charge is 0.331 e. The lowest BCUT2D eigenvalue weighted by Gasteiger charge is -2.37. The summed E-state index contributed by atoms with van der Waals surface area (Å²) >= 11 is 0. The van der Waals surface area contributed by atoms with Crippen molar-refractivity contribution in [3.05, 3.63) is 30.1 Å². The zero-order valence-corrected chi connectivity index (χ0v) is 11.9. The van der Waals surface area contributed by atoms with E-state index in [2.05, 4.69) is 42.8 Å². The van der Waals surface area contributed by atoms with Crippen molar-refractivity contribution in [1.29, 1.82) is 0 Å². The first-order valence-corrected chi connectivity index (χ1v) is 7.28. The number of fused-ring (bicyclic) bond motifs is 1. The van der Waals surface area contributed by atoms with Crippen molar-refractivity contribution in [3.8, 4) is 0 Å². The molecule has 0 atom stereocenters. The van der Waals surface area contributed by atoms with E-state index in [0.29, 0.717) is 6.54 Å². The molecule has 2 aromatic rings. The van der Waals surface area contributed by atoms with Gasteiger partial charge in [0.25, 0.3) is 0 Å². The van der Waals surface area contributed by atoms with Gasteiger partial charge in [0.1, 0.15) is 5.82 Å². The fraction of sp³-hybridized carbons (Fsp3) is 0.562. The molecule has 3 heteroatoms. The third-order valence-corrected chi connectivity index (χ3v) is 4.88. The van der Waals surface area contributed by atoms with Gasteiger partial charge in [-0.25, -0.2) is 4.98 Å². The molecule has 1 aromatic carbocycles. The van der Waals surface area contributed by atoms with E-state index in [0.717, 1.165) is 11.4 Å². The Morgan fingerprint density at radius 3 is 2.63 bits per heavy atom. The first-order chi connectivity index (χ1) is 9.16. The Bertz CT molecular complexity index is 577. The molecule has 1 fully saturated rings. The van der Waals surface area contributed by atoms with Crippen molar-refractivity contribution in [2.24, 2.45) is 18.7 Å². The average molecular weight is 257 g/mol. The molecular weight excluding hydrogens is 234 g/mol. The second-order valence-electron chi connectivity index (χ2n) is 6.15.